The molecule has 9 nitrogen and oxygen atoms in total. The Hall–Kier alpha value is -3.21. The fourth-order valence-electron chi connectivity index (χ4n) is 3.61. The second-order valence-corrected chi connectivity index (χ2v) is 9.42. The summed E-state index contributed by atoms with van der Waals surface area (Å²) in [4.78, 5) is 24.2. The predicted octanol–water partition coefficient (Wildman–Crippen LogP) is 2.39. The van der Waals surface area contributed by atoms with Crippen molar-refractivity contribution in [3.8, 4) is 5.75 Å². The summed E-state index contributed by atoms with van der Waals surface area (Å²) in [7, 11) is -3.67. The zero-order valence-electron chi connectivity index (χ0n) is 18.1. The number of anilines is 1. The summed E-state index contributed by atoms with van der Waals surface area (Å²) in [5.74, 6) is -0.0857. The lowest BCUT2D eigenvalue weighted by molar-refractivity contribution is -0.118. The number of fused-ring (bicyclic) bond motifs is 1. The van der Waals surface area contributed by atoms with Crippen LogP contribution in [-0.2, 0) is 26.0 Å². The molecular formula is C23H24N2O7S. The first-order valence-corrected chi connectivity index (χ1v) is 12.0. The molecule has 0 saturated carbocycles. The van der Waals surface area contributed by atoms with Gasteiger partial charge in [-0.15, -0.1) is 0 Å². The molecule has 3 aromatic rings. The molecule has 1 fully saturated rings. The van der Waals surface area contributed by atoms with Gasteiger partial charge in [0.25, 0.3) is 5.91 Å². The number of carbonyl (C=O) groups is 1. The molecule has 0 radical (unpaired) electrons. The molecule has 1 aliphatic heterocycles. The number of ether oxygens (including phenoxy) is 2. The number of aryl methyl sites for hydroxylation is 1. The maximum atomic E-state index is 12.8. The van der Waals surface area contributed by atoms with Crippen LogP contribution < -0.4 is 15.7 Å². The fourth-order valence-corrected chi connectivity index (χ4v) is 5.06. The SMILES string of the molecule is CCc1cc(=O)oc2cc(OCC(=O)Nc3cccc(S(=O)(=O)N4CCOCC4)c3)ccc12. The lowest BCUT2D eigenvalue weighted by atomic mass is 10.1. The molecule has 0 bridgehead atoms. The lowest BCUT2D eigenvalue weighted by Gasteiger charge is -2.26. The normalized spacial score (nSPS) is 14.8. The largest absolute Gasteiger partial charge is 0.484 e. The maximum absolute atomic E-state index is 12.8. The Morgan fingerprint density at radius 1 is 1.12 bits per heavy atom. The van der Waals surface area contributed by atoms with Gasteiger partial charge in [-0.2, -0.15) is 4.31 Å². The number of rotatable bonds is 7. The van der Waals surface area contributed by atoms with Crippen LogP contribution >= 0.6 is 0 Å². The number of sulfonamides is 1. The Kier molecular flexibility index (Phi) is 6.77. The van der Waals surface area contributed by atoms with E-state index in [-0.39, 0.29) is 11.5 Å². The Balaban J connectivity index is 1.42. The first kappa shape index (κ1) is 23.0. The molecule has 10 heteroatoms. The summed E-state index contributed by atoms with van der Waals surface area (Å²) in [5, 5.41) is 3.46. The molecule has 0 aliphatic carbocycles. The zero-order valence-corrected chi connectivity index (χ0v) is 18.9. The van der Waals surface area contributed by atoms with Gasteiger partial charge in [-0.1, -0.05) is 13.0 Å². The molecule has 2 heterocycles. The second kappa shape index (κ2) is 9.74. The van der Waals surface area contributed by atoms with Crippen molar-refractivity contribution in [2.75, 3.05) is 38.2 Å². The van der Waals surface area contributed by atoms with Crippen molar-refractivity contribution in [1.29, 1.82) is 0 Å². The standard InChI is InChI=1S/C23H24N2O7S/c1-2-16-12-23(27)32-21-14-18(6-7-20(16)21)31-15-22(26)24-17-4-3-5-19(13-17)33(28,29)25-8-10-30-11-9-25/h3-7,12-14H,2,8-11,15H2,1H3,(H,24,26). The van der Waals surface area contributed by atoms with Crippen LogP contribution in [0.3, 0.4) is 0 Å². The average Bonchev–Trinajstić information content (AvgIpc) is 2.82. The molecule has 1 saturated heterocycles. The number of benzene rings is 2. The van der Waals surface area contributed by atoms with Crippen molar-refractivity contribution in [2.24, 2.45) is 0 Å². The van der Waals surface area contributed by atoms with E-state index in [0.717, 1.165) is 10.9 Å². The van der Waals surface area contributed by atoms with Crippen LogP contribution in [0.25, 0.3) is 11.0 Å². The first-order chi connectivity index (χ1) is 15.9. The zero-order chi connectivity index (χ0) is 23.4. The van der Waals surface area contributed by atoms with Crippen LogP contribution in [0.1, 0.15) is 12.5 Å². The van der Waals surface area contributed by atoms with Crippen LogP contribution in [0.15, 0.2) is 62.6 Å². The van der Waals surface area contributed by atoms with E-state index in [0.29, 0.717) is 49.7 Å². The number of carbonyl (C=O) groups excluding carboxylic acids is 1. The topological polar surface area (TPSA) is 115 Å². The van der Waals surface area contributed by atoms with Crippen molar-refractivity contribution in [1.82, 2.24) is 4.31 Å². The first-order valence-electron chi connectivity index (χ1n) is 10.5. The summed E-state index contributed by atoms with van der Waals surface area (Å²) < 4.78 is 43.0. The molecule has 1 aliphatic rings. The van der Waals surface area contributed by atoms with Gasteiger partial charge in [-0.05, 0) is 42.3 Å². The Labute approximate surface area is 191 Å². The van der Waals surface area contributed by atoms with Gasteiger partial charge in [0.2, 0.25) is 10.0 Å². The minimum absolute atomic E-state index is 0.0967. The average molecular weight is 473 g/mol. The van der Waals surface area contributed by atoms with E-state index in [4.69, 9.17) is 13.9 Å². The minimum Gasteiger partial charge on any atom is -0.484 e. The van der Waals surface area contributed by atoms with Gasteiger partial charge in [0, 0.05) is 36.3 Å². The van der Waals surface area contributed by atoms with Crippen molar-refractivity contribution >= 4 is 32.6 Å². The van der Waals surface area contributed by atoms with E-state index in [2.05, 4.69) is 5.32 Å². The third-order valence-corrected chi connectivity index (χ3v) is 7.17. The van der Waals surface area contributed by atoms with Crippen molar-refractivity contribution < 1.29 is 27.1 Å². The van der Waals surface area contributed by atoms with Gasteiger partial charge in [-0.3, -0.25) is 4.79 Å². The molecule has 1 amide bonds. The van der Waals surface area contributed by atoms with E-state index in [1.807, 2.05) is 6.92 Å². The van der Waals surface area contributed by atoms with E-state index in [9.17, 15) is 18.0 Å². The summed E-state index contributed by atoms with van der Waals surface area (Å²) in [6.45, 7) is 2.93. The van der Waals surface area contributed by atoms with Gasteiger partial charge >= 0.3 is 5.63 Å². The van der Waals surface area contributed by atoms with Gasteiger partial charge in [0.05, 0.1) is 18.1 Å². The fraction of sp³-hybridized carbons (Fsp3) is 0.304. The molecule has 1 N–H and O–H groups in total. The quantitative estimate of drug-likeness (QED) is 0.525. The predicted molar refractivity (Wildman–Crippen MR) is 122 cm³/mol. The van der Waals surface area contributed by atoms with E-state index < -0.39 is 21.6 Å². The highest BCUT2D eigenvalue weighted by Gasteiger charge is 2.26. The number of nitrogens with one attached hydrogen (secondary N) is 1. The molecule has 33 heavy (non-hydrogen) atoms. The molecule has 0 unspecified atom stereocenters. The molecule has 2 aromatic carbocycles. The Morgan fingerprint density at radius 3 is 2.67 bits per heavy atom. The third kappa shape index (κ3) is 5.24. The number of amides is 1. The molecule has 4 rings (SSSR count). The van der Waals surface area contributed by atoms with Gasteiger partial charge in [-0.25, -0.2) is 13.2 Å². The molecule has 174 valence electrons. The number of hydrogen-bond acceptors (Lipinski definition) is 7. The summed E-state index contributed by atoms with van der Waals surface area (Å²) >= 11 is 0. The van der Waals surface area contributed by atoms with E-state index >= 15 is 0 Å². The van der Waals surface area contributed by atoms with Crippen molar-refractivity contribution in [2.45, 2.75) is 18.2 Å². The summed E-state index contributed by atoms with van der Waals surface area (Å²) in [6.07, 6.45) is 0.686. The lowest BCUT2D eigenvalue weighted by Crippen LogP contribution is -2.40. The van der Waals surface area contributed by atoms with Gasteiger partial charge in [0.15, 0.2) is 6.61 Å². The van der Waals surface area contributed by atoms with E-state index in [1.54, 1.807) is 30.3 Å². The van der Waals surface area contributed by atoms with Gasteiger partial charge < -0.3 is 19.2 Å². The van der Waals surface area contributed by atoms with Crippen molar-refractivity contribution in [3.63, 3.8) is 0 Å². The van der Waals surface area contributed by atoms with Crippen LogP contribution in [0.2, 0.25) is 0 Å². The smallest absolute Gasteiger partial charge is 0.336 e. The summed E-state index contributed by atoms with van der Waals surface area (Å²) in [6, 6.07) is 12.6. The van der Waals surface area contributed by atoms with Crippen LogP contribution in [0.5, 0.6) is 5.75 Å². The number of nitrogens with zero attached hydrogens (tertiary/aromatic N) is 1. The van der Waals surface area contributed by atoms with Crippen LogP contribution in [-0.4, -0.2) is 51.5 Å². The molecule has 0 spiro atoms. The molecule has 0 atom stereocenters. The van der Waals surface area contributed by atoms with Crippen molar-refractivity contribution in [3.05, 3.63) is 64.5 Å². The van der Waals surface area contributed by atoms with Gasteiger partial charge in [0.1, 0.15) is 11.3 Å². The Bertz CT molecular complexity index is 1330. The second-order valence-electron chi connectivity index (χ2n) is 7.48. The highest BCUT2D eigenvalue weighted by atomic mass is 32.2. The van der Waals surface area contributed by atoms with E-state index in [1.165, 1.54) is 22.5 Å². The molecule has 1 aromatic heterocycles. The monoisotopic (exact) mass is 472 g/mol. The highest BCUT2D eigenvalue weighted by Crippen LogP contribution is 2.24. The maximum Gasteiger partial charge on any atom is 0.336 e. The van der Waals surface area contributed by atoms with Crippen LogP contribution in [0.4, 0.5) is 5.69 Å². The number of morpholine rings is 1. The molecular weight excluding hydrogens is 448 g/mol. The summed E-state index contributed by atoms with van der Waals surface area (Å²) in [5.41, 5.74) is 1.16. The third-order valence-electron chi connectivity index (χ3n) is 5.28. The number of hydrogen-bond donors (Lipinski definition) is 1. The Morgan fingerprint density at radius 2 is 1.91 bits per heavy atom. The highest BCUT2D eigenvalue weighted by molar-refractivity contribution is 7.89. The van der Waals surface area contributed by atoms with Crippen LogP contribution in [0, 0.1) is 0 Å². The minimum atomic E-state index is -3.67.